The summed E-state index contributed by atoms with van der Waals surface area (Å²) in [6.45, 7) is 1.74. The van der Waals surface area contributed by atoms with Gasteiger partial charge in [0.05, 0.1) is 12.2 Å². The molecule has 0 bridgehead atoms. The van der Waals surface area contributed by atoms with Gasteiger partial charge in [-0.25, -0.2) is 18.0 Å². The molecule has 0 amide bonds. The quantitative estimate of drug-likeness (QED) is 0.636. The van der Waals surface area contributed by atoms with Crippen LogP contribution in [0.3, 0.4) is 0 Å². The van der Waals surface area contributed by atoms with E-state index in [1.807, 2.05) is 0 Å². The summed E-state index contributed by atoms with van der Waals surface area (Å²) in [5, 5.41) is 3.37. The van der Waals surface area contributed by atoms with E-state index in [1.54, 1.807) is 6.92 Å². The monoisotopic (exact) mass is 271 g/mol. The maximum atomic E-state index is 13.5. The van der Waals surface area contributed by atoms with Crippen LogP contribution in [0.4, 0.5) is 13.2 Å². The van der Waals surface area contributed by atoms with E-state index in [9.17, 15) is 18.0 Å². The number of ether oxygens (including phenoxy) is 1. The van der Waals surface area contributed by atoms with E-state index in [2.05, 4.69) is 9.89 Å². The topological polar surface area (TPSA) is 52.3 Å². The van der Waals surface area contributed by atoms with E-state index < -0.39 is 23.4 Å². The molecular formula is C12H8F3NO3. The predicted octanol–water partition coefficient (Wildman–Crippen LogP) is 2.94. The van der Waals surface area contributed by atoms with Gasteiger partial charge in [0.2, 0.25) is 0 Å². The van der Waals surface area contributed by atoms with Crippen molar-refractivity contribution in [2.75, 3.05) is 6.61 Å². The minimum Gasteiger partial charge on any atom is -0.461 e. The summed E-state index contributed by atoms with van der Waals surface area (Å²) < 4.78 is 48.7. The third kappa shape index (κ3) is 2.44. The fraction of sp³-hybridized carbons (Fsp3) is 0.167. The summed E-state index contributed by atoms with van der Waals surface area (Å²) >= 11 is 0. The first kappa shape index (κ1) is 13.1. The summed E-state index contributed by atoms with van der Waals surface area (Å²) in [7, 11) is 0. The van der Waals surface area contributed by atoms with Crippen LogP contribution in [0.2, 0.25) is 0 Å². The maximum Gasteiger partial charge on any atom is 0.360 e. The lowest BCUT2D eigenvalue weighted by molar-refractivity contribution is 0.0514. The van der Waals surface area contributed by atoms with Crippen molar-refractivity contribution in [1.82, 2.24) is 5.16 Å². The summed E-state index contributed by atoms with van der Waals surface area (Å²) in [5.41, 5.74) is -0.511. The van der Waals surface area contributed by atoms with Crippen LogP contribution in [0, 0.1) is 17.5 Å². The first-order valence-corrected chi connectivity index (χ1v) is 5.32. The molecule has 0 aliphatic heterocycles. The molecule has 1 aromatic heterocycles. The highest BCUT2D eigenvalue weighted by atomic mass is 19.2. The number of benzene rings is 1. The van der Waals surface area contributed by atoms with E-state index in [1.165, 1.54) is 0 Å². The van der Waals surface area contributed by atoms with Gasteiger partial charge in [-0.15, -0.1) is 0 Å². The number of aromatic nitrogens is 1. The molecule has 2 rings (SSSR count). The summed E-state index contributed by atoms with van der Waals surface area (Å²) in [6, 6.07) is 2.83. The zero-order chi connectivity index (χ0) is 14.0. The Balaban J connectivity index is 2.38. The van der Waals surface area contributed by atoms with Crippen molar-refractivity contribution in [3.05, 3.63) is 41.3 Å². The molecular weight excluding hydrogens is 263 g/mol. The van der Waals surface area contributed by atoms with E-state index in [4.69, 9.17) is 4.52 Å². The number of hydrogen-bond donors (Lipinski definition) is 0. The molecule has 0 radical (unpaired) electrons. The lowest BCUT2D eigenvalue weighted by atomic mass is 10.1. The third-order valence-electron chi connectivity index (χ3n) is 2.30. The van der Waals surface area contributed by atoms with Crippen molar-refractivity contribution in [3.63, 3.8) is 0 Å². The molecule has 2 aromatic rings. The average molecular weight is 271 g/mol. The Labute approximate surface area is 105 Å². The second-order valence-corrected chi connectivity index (χ2v) is 3.52. The highest BCUT2D eigenvalue weighted by Gasteiger charge is 2.20. The van der Waals surface area contributed by atoms with Gasteiger partial charge < -0.3 is 9.26 Å². The normalized spacial score (nSPS) is 10.5. The number of halogens is 3. The lowest BCUT2D eigenvalue weighted by Crippen LogP contribution is -2.04. The van der Waals surface area contributed by atoms with Gasteiger partial charge in [-0.3, -0.25) is 0 Å². The molecule has 19 heavy (non-hydrogen) atoms. The highest BCUT2D eigenvalue weighted by Crippen LogP contribution is 2.26. The van der Waals surface area contributed by atoms with Gasteiger partial charge >= 0.3 is 5.97 Å². The van der Waals surface area contributed by atoms with Crippen molar-refractivity contribution in [3.8, 4) is 11.3 Å². The molecule has 1 aromatic carbocycles. The SMILES string of the molecule is CCOC(=O)c1cc(-c2ccc(F)c(F)c2F)on1. The average Bonchev–Trinajstić information content (AvgIpc) is 2.86. The van der Waals surface area contributed by atoms with Crippen LogP contribution in [0.5, 0.6) is 0 Å². The molecule has 0 aliphatic rings. The third-order valence-corrected chi connectivity index (χ3v) is 2.30. The van der Waals surface area contributed by atoms with Gasteiger partial charge in [0, 0.05) is 6.07 Å². The fourth-order valence-electron chi connectivity index (χ4n) is 1.42. The summed E-state index contributed by atoms with van der Waals surface area (Å²) in [4.78, 5) is 11.3. The van der Waals surface area contributed by atoms with Crippen LogP contribution in [-0.2, 0) is 4.74 Å². The van der Waals surface area contributed by atoms with Gasteiger partial charge in [-0.2, -0.15) is 0 Å². The van der Waals surface area contributed by atoms with Crippen molar-refractivity contribution >= 4 is 5.97 Å². The van der Waals surface area contributed by atoms with Crippen molar-refractivity contribution in [2.45, 2.75) is 6.92 Å². The first-order valence-electron chi connectivity index (χ1n) is 5.32. The second-order valence-electron chi connectivity index (χ2n) is 3.52. The number of carbonyl (C=O) groups excluding carboxylic acids is 1. The molecule has 0 atom stereocenters. The van der Waals surface area contributed by atoms with Crippen LogP contribution in [0.15, 0.2) is 22.7 Å². The zero-order valence-corrected chi connectivity index (χ0v) is 9.75. The van der Waals surface area contributed by atoms with Crippen molar-refractivity contribution in [1.29, 1.82) is 0 Å². The van der Waals surface area contributed by atoms with Gasteiger partial charge in [0.15, 0.2) is 28.9 Å². The minimum atomic E-state index is -1.62. The Hall–Kier alpha value is -2.31. The first-order chi connectivity index (χ1) is 9.04. The molecule has 0 aliphatic carbocycles. The van der Waals surface area contributed by atoms with E-state index >= 15 is 0 Å². The van der Waals surface area contributed by atoms with Gasteiger partial charge in [-0.05, 0) is 19.1 Å². The predicted molar refractivity (Wildman–Crippen MR) is 57.8 cm³/mol. The Morgan fingerprint density at radius 1 is 1.32 bits per heavy atom. The number of hydrogen-bond acceptors (Lipinski definition) is 4. The van der Waals surface area contributed by atoms with E-state index in [0.717, 1.165) is 18.2 Å². The van der Waals surface area contributed by atoms with Crippen LogP contribution in [0.1, 0.15) is 17.4 Å². The number of rotatable bonds is 3. The van der Waals surface area contributed by atoms with Crippen LogP contribution in [-0.4, -0.2) is 17.7 Å². The Morgan fingerprint density at radius 2 is 2.05 bits per heavy atom. The molecule has 0 saturated heterocycles. The number of carbonyl (C=O) groups is 1. The Kier molecular flexibility index (Phi) is 3.55. The van der Waals surface area contributed by atoms with Crippen molar-refractivity contribution in [2.24, 2.45) is 0 Å². The molecule has 0 saturated carbocycles. The van der Waals surface area contributed by atoms with E-state index in [-0.39, 0.29) is 23.6 Å². The second kappa shape index (κ2) is 5.13. The largest absolute Gasteiger partial charge is 0.461 e. The molecule has 0 N–H and O–H groups in total. The Bertz CT molecular complexity index is 625. The zero-order valence-electron chi connectivity index (χ0n) is 9.75. The van der Waals surface area contributed by atoms with E-state index in [0.29, 0.717) is 0 Å². The van der Waals surface area contributed by atoms with Crippen LogP contribution >= 0.6 is 0 Å². The van der Waals surface area contributed by atoms with Crippen molar-refractivity contribution < 1.29 is 27.2 Å². The molecule has 0 unspecified atom stereocenters. The molecule has 1 heterocycles. The maximum absolute atomic E-state index is 13.5. The van der Waals surface area contributed by atoms with Crippen LogP contribution < -0.4 is 0 Å². The molecule has 100 valence electrons. The van der Waals surface area contributed by atoms with Crippen LogP contribution in [0.25, 0.3) is 11.3 Å². The van der Waals surface area contributed by atoms with Gasteiger partial charge in [-0.1, -0.05) is 5.16 Å². The smallest absolute Gasteiger partial charge is 0.360 e. The summed E-state index contributed by atoms with van der Waals surface area (Å²) in [5.74, 6) is -5.29. The highest BCUT2D eigenvalue weighted by molar-refractivity contribution is 5.88. The molecule has 7 heteroatoms. The Morgan fingerprint density at radius 3 is 2.74 bits per heavy atom. The van der Waals surface area contributed by atoms with Gasteiger partial charge in [0.25, 0.3) is 0 Å². The summed E-state index contributed by atoms with van der Waals surface area (Å²) in [6.07, 6.45) is 0. The molecule has 0 spiro atoms. The number of nitrogens with zero attached hydrogens (tertiary/aromatic N) is 1. The molecule has 0 fully saturated rings. The lowest BCUT2D eigenvalue weighted by Gasteiger charge is -1.99. The fourth-order valence-corrected chi connectivity index (χ4v) is 1.42. The van der Waals surface area contributed by atoms with Gasteiger partial charge in [0.1, 0.15) is 0 Å². The number of esters is 1. The molecule has 4 nitrogen and oxygen atoms in total. The minimum absolute atomic E-state index is 0.139. The standard InChI is InChI=1S/C12H8F3NO3/c1-2-18-12(17)8-5-9(19-16-8)6-3-4-7(13)11(15)10(6)14/h3-5H,2H2,1H3.